The molecular weight excluding hydrogens is 598 g/mol. The first kappa shape index (κ1) is 32.0. The van der Waals surface area contributed by atoms with Gasteiger partial charge in [0, 0.05) is 55.7 Å². The van der Waals surface area contributed by atoms with E-state index in [9.17, 15) is 9.18 Å². The van der Waals surface area contributed by atoms with E-state index in [-0.39, 0.29) is 23.5 Å². The van der Waals surface area contributed by atoms with E-state index < -0.39 is 28.6 Å². The number of nitrogens with zero attached hydrogens (tertiary/aromatic N) is 6. The van der Waals surface area contributed by atoms with Gasteiger partial charge in [-0.25, -0.2) is 13.8 Å². The Labute approximate surface area is 269 Å². The number of likely N-dealkylation sites (tertiary alicyclic amines) is 2. The molecule has 3 aromatic rings. The van der Waals surface area contributed by atoms with Gasteiger partial charge in [0.1, 0.15) is 29.4 Å². The summed E-state index contributed by atoms with van der Waals surface area (Å²) in [6.45, 7) is 14.7. The van der Waals surface area contributed by atoms with Crippen LogP contribution in [0.3, 0.4) is 0 Å². The Balaban J connectivity index is 1.27. The number of rotatable bonds is 4. The van der Waals surface area contributed by atoms with Crippen LogP contribution in [0.5, 0.6) is 0 Å². The van der Waals surface area contributed by atoms with Crippen molar-refractivity contribution >= 4 is 17.5 Å². The summed E-state index contributed by atoms with van der Waals surface area (Å²) < 4.78 is 37.8. The monoisotopic (exact) mass is 640 g/mol. The summed E-state index contributed by atoms with van der Waals surface area (Å²) >= 11 is 6.61. The number of hydrogen-bond acceptors (Lipinski definition) is 6. The molecule has 0 radical (unpaired) electrons. The Kier molecular flexibility index (Phi) is 8.10. The summed E-state index contributed by atoms with van der Waals surface area (Å²) in [6, 6.07) is 5.69. The fourth-order valence-electron chi connectivity index (χ4n) is 7.69. The van der Waals surface area contributed by atoms with Crippen molar-refractivity contribution in [1.29, 1.82) is 0 Å². The topological polar surface area (TPSA) is 76.4 Å². The highest BCUT2D eigenvalue weighted by Crippen LogP contribution is 2.55. The van der Waals surface area contributed by atoms with Crippen molar-refractivity contribution in [2.75, 3.05) is 26.2 Å². The summed E-state index contributed by atoms with van der Waals surface area (Å²) in [4.78, 5) is 28.0. The summed E-state index contributed by atoms with van der Waals surface area (Å²) in [7, 11) is 1.87. The van der Waals surface area contributed by atoms with Crippen LogP contribution in [0, 0.1) is 24.5 Å². The maximum absolute atomic E-state index is 15.2. The lowest BCUT2D eigenvalue weighted by atomic mass is 9.77. The minimum Gasteiger partial charge on any atom is -0.359 e. The average molecular weight is 641 g/mol. The smallest absolute Gasteiger partial charge is 0.226 e. The Morgan fingerprint density at radius 3 is 2.40 bits per heavy atom. The van der Waals surface area contributed by atoms with Crippen LogP contribution < -0.4 is 0 Å². The van der Waals surface area contributed by atoms with Gasteiger partial charge in [0.2, 0.25) is 5.91 Å². The van der Waals surface area contributed by atoms with Gasteiger partial charge in [-0.1, -0.05) is 17.7 Å². The summed E-state index contributed by atoms with van der Waals surface area (Å²) in [5, 5.41) is 4.88. The summed E-state index contributed by atoms with van der Waals surface area (Å²) in [6.07, 6.45) is 2.93. The van der Waals surface area contributed by atoms with Gasteiger partial charge in [0.05, 0.1) is 27.9 Å². The number of carbonyl (C=O) groups is 1. The molecule has 45 heavy (non-hydrogen) atoms. The van der Waals surface area contributed by atoms with Crippen LogP contribution in [-0.4, -0.2) is 67.2 Å². The first-order valence-electron chi connectivity index (χ1n) is 15.8. The molecule has 0 N–H and O–H groups in total. The molecule has 3 aliphatic rings. The quantitative estimate of drug-likeness (QED) is 0.337. The highest BCUT2D eigenvalue weighted by molar-refractivity contribution is 6.31. The predicted molar refractivity (Wildman–Crippen MR) is 168 cm³/mol. The van der Waals surface area contributed by atoms with Crippen molar-refractivity contribution in [3.63, 3.8) is 0 Å². The van der Waals surface area contributed by atoms with E-state index in [0.29, 0.717) is 49.5 Å². The molecule has 2 saturated heterocycles. The lowest BCUT2D eigenvalue weighted by Gasteiger charge is -2.47. The second-order valence-corrected chi connectivity index (χ2v) is 14.9. The molecule has 11 heteroatoms. The molecule has 242 valence electrons. The maximum Gasteiger partial charge on any atom is 0.226 e. The van der Waals surface area contributed by atoms with Gasteiger partial charge < -0.3 is 9.64 Å². The number of pyridine rings is 1. The number of aryl methyl sites for hydroxylation is 2. The van der Waals surface area contributed by atoms with E-state index in [0.717, 1.165) is 35.4 Å². The third kappa shape index (κ3) is 5.57. The average Bonchev–Trinajstić information content (AvgIpc) is 3.55. The summed E-state index contributed by atoms with van der Waals surface area (Å²) in [5.41, 5.74) is 1.60. The van der Waals surface area contributed by atoms with Gasteiger partial charge in [0.15, 0.2) is 0 Å². The lowest BCUT2D eigenvalue weighted by molar-refractivity contribution is -0.153. The normalized spacial score (nSPS) is 23.9. The first-order chi connectivity index (χ1) is 21.1. The van der Waals surface area contributed by atoms with Gasteiger partial charge >= 0.3 is 0 Å². The Morgan fingerprint density at radius 2 is 1.78 bits per heavy atom. The zero-order chi connectivity index (χ0) is 32.5. The van der Waals surface area contributed by atoms with E-state index in [4.69, 9.17) is 21.3 Å². The van der Waals surface area contributed by atoms with Crippen LogP contribution in [0.25, 0.3) is 0 Å². The van der Waals surface area contributed by atoms with Crippen LogP contribution in [-0.2, 0) is 27.6 Å². The fourth-order valence-corrected chi connectivity index (χ4v) is 7.85. The highest BCUT2D eigenvalue weighted by Gasteiger charge is 2.54. The summed E-state index contributed by atoms with van der Waals surface area (Å²) in [5.74, 6) is -1.20. The number of ether oxygens (including phenoxy) is 1. The molecule has 0 aliphatic carbocycles. The predicted octanol–water partition coefficient (Wildman–Crippen LogP) is 6.22. The van der Waals surface area contributed by atoms with E-state index in [1.807, 2.05) is 24.9 Å². The molecule has 1 unspecified atom stereocenters. The molecule has 0 bridgehead atoms. The van der Waals surface area contributed by atoms with E-state index in [2.05, 4.69) is 49.6 Å². The second-order valence-electron chi connectivity index (χ2n) is 14.5. The van der Waals surface area contributed by atoms with Crippen LogP contribution >= 0.6 is 11.6 Å². The number of hydrogen-bond donors (Lipinski definition) is 0. The van der Waals surface area contributed by atoms with Crippen molar-refractivity contribution in [2.24, 2.45) is 13.0 Å². The zero-order valence-electron chi connectivity index (χ0n) is 27.2. The standard InChI is InChI=1S/C34H43ClF2N6O2/c1-20-26(35)17-24-28(40-20)34(45-29(24)33(5,6)31-38-19-39-41(31)7)11-14-42(15-12-34)30(44)23-10-13-43(32(2,3)4)18-25(23)22-9-8-21(36)16-27(22)37/h8-9,16-17,19,23,25,29H,10-15,18H2,1-7H3/t23-,25+,29?/m1/s1. The lowest BCUT2D eigenvalue weighted by Crippen LogP contribution is -2.54. The van der Waals surface area contributed by atoms with E-state index >= 15 is 4.39 Å². The maximum atomic E-state index is 15.2. The number of fused-ring (bicyclic) bond motifs is 2. The Hall–Kier alpha value is -2.95. The minimum absolute atomic E-state index is 0.0153. The van der Waals surface area contributed by atoms with E-state index in [1.165, 1.54) is 12.1 Å². The number of halogens is 3. The van der Waals surface area contributed by atoms with Crippen molar-refractivity contribution in [2.45, 2.75) is 89.4 Å². The number of benzene rings is 1. The van der Waals surface area contributed by atoms with Crippen molar-refractivity contribution in [3.8, 4) is 0 Å². The number of carbonyl (C=O) groups excluding carboxylic acids is 1. The molecule has 5 heterocycles. The van der Waals surface area contributed by atoms with Gasteiger partial charge in [-0.2, -0.15) is 5.10 Å². The van der Waals surface area contributed by atoms with Gasteiger partial charge in [-0.15, -0.1) is 0 Å². The number of aromatic nitrogens is 4. The third-order valence-electron chi connectivity index (χ3n) is 10.3. The third-order valence-corrected chi connectivity index (χ3v) is 10.7. The highest BCUT2D eigenvalue weighted by atomic mass is 35.5. The number of piperidine rings is 2. The van der Waals surface area contributed by atoms with Gasteiger partial charge in [-0.3, -0.25) is 19.4 Å². The molecule has 3 atom stereocenters. The fraction of sp³-hybridized carbons (Fsp3) is 0.588. The molecule has 2 aromatic heterocycles. The van der Waals surface area contributed by atoms with Crippen molar-refractivity contribution in [1.82, 2.24) is 29.5 Å². The molecule has 1 amide bonds. The Morgan fingerprint density at radius 1 is 1.07 bits per heavy atom. The molecule has 0 saturated carbocycles. The number of amides is 1. The molecule has 1 aromatic carbocycles. The molecule has 1 spiro atoms. The van der Waals surface area contributed by atoms with Crippen LogP contribution in [0.2, 0.25) is 5.02 Å². The zero-order valence-corrected chi connectivity index (χ0v) is 28.0. The molecule has 2 fully saturated rings. The SMILES string of the molecule is Cc1nc2c(cc1Cl)C(C(C)(C)c1ncnn1C)OC21CCN(C(=O)[C@@H]2CCN(C(C)(C)C)C[C@H]2c2ccc(F)cc2F)CC1. The molecule has 6 rings (SSSR count). The largest absolute Gasteiger partial charge is 0.359 e. The Bertz CT molecular complexity index is 1610. The van der Waals surface area contributed by atoms with Crippen molar-refractivity contribution < 1.29 is 18.3 Å². The second kappa shape index (κ2) is 11.4. The van der Waals surface area contributed by atoms with Crippen LogP contribution in [0.15, 0.2) is 30.6 Å². The van der Waals surface area contributed by atoms with Crippen molar-refractivity contribution in [3.05, 3.63) is 75.6 Å². The van der Waals surface area contributed by atoms with Crippen LogP contribution in [0.1, 0.15) is 94.2 Å². The minimum atomic E-state index is -0.680. The van der Waals surface area contributed by atoms with Gasteiger partial charge in [-0.05, 0) is 85.0 Å². The van der Waals surface area contributed by atoms with Gasteiger partial charge in [0.25, 0.3) is 0 Å². The molecule has 8 nitrogen and oxygen atoms in total. The van der Waals surface area contributed by atoms with Crippen LogP contribution in [0.4, 0.5) is 8.78 Å². The molecule has 3 aliphatic heterocycles. The molecular formula is C34H43ClF2N6O2. The first-order valence-corrected chi connectivity index (χ1v) is 16.2. The van der Waals surface area contributed by atoms with E-state index in [1.54, 1.807) is 11.0 Å².